The molecule has 6 nitrogen and oxygen atoms in total. The molecule has 1 aliphatic heterocycles. The Bertz CT molecular complexity index is 862. The van der Waals surface area contributed by atoms with Crippen molar-refractivity contribution in [2.45, 2.75) is 12.8 Å². The standard InChI is InChI=1S/C18H16N2O4S2/c21-13-5-1-4-12(10-13)19-16(22)7-2-8-20-17(23)15(26-18(20)25)11-14-6-3-9-24-14/h1,3-6,9-11,21H,2,7-8H2,(H,19,22). The predicted octanol–water partition coefficient (Wildman–Crippen LogP) is 3.61. The lowest BCUT2D eigenvalue weighted by atomic mass is 10.2. The maximum Gasteiger partial charge on any atom is 0.266 e. The predicted molar refractivity (Wildman–Crippen MR) is 105 cm³/mol. The van der Waals surface area contributed by atoms with Gasteiger partial charge in [-0.3, -0.25) is 14.5 Å². The van der Waals surface area contributed by atoms with Gasteiger partial charge >= 0.3 is 0 Å². The number of benzene rings is 1. The summed E-state index contributed by atoms with van der Waals surface area (Å²) in [5, 5.41) is 12.1. The van der Waals surface area contributed by atoms with Crippen LogP contribution >= 0.6 is 24.0 Å². The van der Waals surface area contributed by atoms with Crippen molar-refractivity contribution >= 4 is 51.9 Å². The van der Waals surface area contributed by atoms with E-state index in [4.69, 9.17) is 16.6 Å². The van der Waals surface area contributed by atoms with Crippen LogP contribution in [0.2, 0.25) is 0 Å². The Morgan fingerprint density at radius 3 is 2.92 bits per heavy atom. The van der Waals surface area contributed by atoms with Gasteiger partial charge in [-0.05, 0) is 30.7 Å². The summed E-state index contributed by atoms with van der Waals surface area (Å²) in [6.45, 7) is 0.369. The summed E-state index contributed by atoms with van der Waals surface area (Å²) in [5.74, 6) is 0.316. The van der Waals surface area contributed by atoms with E-state index < -0.39 is 0 Å². The molecule has 134 valence electrons. The fourth-order valence-electron chi connectivity index (χ4n) is 2.40. The first-order valence-electron chi connectivity index (χ1n) is 7.91. The quantitative estimate of drug-likeness (QED) is 0.581. The van der Waals surface area contributed by atoms with E-state index in [1.165, 1.54) is 35.1 Å². The van der Waals surface area contributed by atoms with Gasteiger partial charge in [-0.2, -0.15) is 0 Å². The summed E-state index contributed by atoms with van der Waals surface area (Å²) in [6.07, 6.45) is 3.92. The molecule has 0 atom stereocenters. The van der Waals surface area contributed by atoms with Crippen molar-refractivity contribution in [1.29, 1.82) is 0 Å². The summed E-state index contributed by atoms with van der Waals surface area (Å²) < 4.78 is 5.69. The summed E-state index contributed by atoms with van der Waals surface area (Å²) in [4.78, 5) is 26.4. The minimum Gasteiger partial charge on any atom is -0.508 e. The van der Waals surface area contributed by atoms with Gasteiger partial charge in [0.1, 0.15) is 15.8 Å². The van der Waals surface area contributed by atoms with Gasteiger partial charge in [0.05, 0.1) is 11.2 Å². The Morgan fingerprint density at radius 1 is 1.35 bits per heavy atom. The maximum atomic E-state index is 12.4. The second-order valence-electron chi connectivity index (χ2n) is 5.55. The van der Waals surface area contributed by atoms with Gasteiger partial charge < -0.3 is 14.8 Å². The number of furan rings is 1. The molecule has 1 aromatic heterocycles. The molecule has 2 aromatic rings. The van der Waals surface area contributed by atoms with Gasteiger partial charge in [0, 0.05) is 30.8 Å². The lowest BCUT2D eigenvalue weighted by Gasteiger charge is -2.14. The number of nitrogens with zero attached hydrogens (tertiary/aromatic N) is 1. The average Bonchev–Trinajstić information content (AvgIpc) is 3.19. The molecule has 1 fully saturated rings. The van der Waals surface area contributed by atoms with E-state index in [9.17, 15) is 14.7 Å². The molecular formula is C18H16N2O4S2. The third kappa shape index (κ3) is 4.53. The monoisotopic (exact) mass is 388 g/mol. The number of aromatic hydroxyl groups is 1. The topological polar surface area (TPSA) is 82.8 Å². The zero-order valence-corrected chi connectivity index (χ0v) is 15.3. The van der Waals surface area contributed by atoms with Crippen LogP contribution in [0.1, 0.15) is 18.6 Å². The zero-order valence-electron chi connectivity index (χ0n) is 13.7. The molecule has 0 spiro atoms. The number of amides is 2. The summed E-state index contributed by atoms with van der Waals surface area (Å²) >= 11 is 6.48. The number of carbonyl (C=O) groups is 2. The highest BCUT2D eigenvalue weighted by Gasteiger charge is 2.31. The van der Waals surface area contributed by atoms with Crippen molar-refractivity contribution in [2.24, 2.45) is 0 Å². The molecule has 0 unspecified atom stereocenters. The Hall–Kier alpha value is -2.58. The lowest BCUT2D eigenvalue weighted by molar-refractivity contribution is -0.122. The van der Waals surface area contributed by atoms with E-state index in [2.05, 4.69) is 5.32 Å². The third-order valence-corrected chi connectivity index (χ3v) is 4.98. The van der Waals surface area contributed by atoms with Crippen LogP contribution in [0.3, 0.4) is 0 Å². The van der Waals surface area contributed by atoms with Crippen molar-refractivity contribution in [1.82, 2.24) is 4.90 Å². The zero-order chi connectivity index (χ0) is 18.5. The van der Waals surface area contributed by atoms with Gasteiger partial charge in [0.25, 0.3) is 5.91 Å². The maximum absolute atomic E-state index is 12.4. The van der Waals surface area contributed by atoms with Crippen LogP contribution < -0.4 is 5.32 Å². The lowest BCUT2D eigenvalue weighted by Crippen LogP contribution is -2.29. The minimum atomic E-state index is -0.188. The number of carbonyl (C=O) groups excluding carboxylic acids is 2. The highest BCUT2D eigenvalue weighted by molar-refractivity contribution is 8.26. The van der Waals surface area contributed by atoms with Crippen molar-refractivity contribution in [3.05, 3.63) is 53.3 Å². The van der Waals surface area contributed by atoms with Crippen LogP contribution in [0, 0.1) is 0 Å². The summed E-state index contributed by atoms with van der Waals surface area (Å²) in [6, 6.07) is 9.85. The Labute approximate surface area is 159 Å². The number of phenolic OH excluding ortho intramolecular Hbond substituents is 1. The molecule has 3 rings (SSSR count). The largest absolute Gasteiger partial charge is 0.508 e. The first kappa shape index (κ1) is 18.2. The van der Waals surface area contributed by atoms with E-state index in [0.717, 1.165) is 0 Å². The number of hydrogen-bond donors (Lipinski definition) is 2. The van der Waals surface area contributed by atoms with Crippen LogP contribution in [0.5, 0.6) is 5.75 Å². The van der Waals surface area contributed by atoms with E-state index >= 15 is 0 Å². The molecule has 0 aliphatic carbocycles. The number of anilines is 1. The summed E-state index contributed by atoms with van der Waals surface area (Å²) in [7, 11) is 0. The fraction of sp³-hybridized carbons (Fsp3) is 0.167. The van der Waals surface area contributed by atoms with Crippen LogP contribution in [-0.2, 0) is 9.59 Å². The van der Waals surface area contributed by atoms with Gasteiger partial charge in [0.15, 0.2) is 0 Å². The minimum absolute atomic E-state index is 0.0868. The first-order chi connectivity index (χ1) is 12.5. The molecule has 26 heavy (non-hydrogen) atoms. The normalized spacial score (nSPS) is 15.7. The number of hydrogen-bond acceptors (Lipinski definition) is 6. The van der Waals surface area contributed by atoms with E-state index in [1.54, 1.807) is 30.3 Å². The van der Waals surface area contributed by atoms with Gasteiger partial charge in [-0.1, -0.05) is 30.0 Å². The highest BCUT2D eigenvalue weighted by atomic mass is 32.2. The molecule has 2 amide bonds. The Morgan fingerprint density at radius 2 is 2.19 bits per heavy atom. The Balaban J connectivity index is 1.51. The first-order valence-corrected chi connectivity index (χ1v) is 9.13. The number of nitrogens with one attached hydrogen (secondary N) is 1. The number of phenols is 1. The molecule has 0 saturated carbocycles. The second kappa shape index (κ2) is 8.20. The molecule has 1 aliphatic rings. The van der Waals surface area contributed by atoms with Crippen LogP contribution in [-0.4, -0.2) is 32.7 Å². The number of thiocarbonyl (C=S) groups is 1. The molecule has 0 radical (unpaired) electrons. The van der Waals surface area contributed by atoms with Crippen LogP contribution in [0.25, 0.3) is 6.08 Å². The van der Waals surface area contributed by atoms with E-state index in [-0.39, 0.29) is 24.0 Å². The van der Waals surface area contributed by atoms with Gasteiger partial charge in [-0.25, -0.2) is 0 Å². The molecule has 2 N–H and O–H groups in total. The average molecular weight is 388 g/mol. The van der Waals surface area contributed by atoms with E-state index in [0.29, 0.717) is 33.6 Å². The number of rotatable bonds is 6. The smallest absolute Gasteiger partial charge is 0.266 e. The van der Waals surface area contributed by atoms with Crippen LogP contribution in [0.15, 0.2) is 52.0 Å². The molecule has 1 saturated heterocycles. The molecule has 0 bridgehead atoms. The van der Waals surface area contributed by atoms with E-state index in [1.807, 2.05) is 0 Å². The van der Waals surface area contributed by atoms with Crippen molar-refractivity contribution in [3.8, 4) is 5.75 Å². The SMILES string of the molecule is O=C(CCCN1C(=O)C(=Cc2ccco2)SC1=S)Nc1cccc(O)c1. The van der Waals surface area contributed by atoms with Crippen molar-refractivity contribution in [2.75, 3.05) is 11.9 Å². The third-order valence-electron chi connectivity index (χ3n) is 3.61. The van der Waals surface area contributed by atoms with Gasteiger partial charge in [0.2, 0.25) is 5.91 Å². The Kier molecular flexibility index (Phi) is 5.75. The molecular weight excluding hydrogens is 372 g/mol. The second-order valence-corrected chi connectivity index (χ2v) is 7.23. The van der Waals surface area contributed by atoms with Crippen molar-refractivity contribution in [3.63, 3.8) is 0 Å². The molecule has 8 heteroatoms. The highest BCUT2D eigenvalue weighted by Crippen LogP contribution is 2.32. The number of thioether (sulfide) groups is 1. The van der Waals surface area contributed by atoms with Crippen LogP contribution in [0.4, 0.5) is 5.69 Å². The molecule has 2 heterocycles. The molecule has 1 aromatic carbocycles. The van der Waals surface area contributed by atoms with Crippen molar-refractivity contribution < 1.29 is 19.1 Å². The fourth-order valence-corrected chi connectivity index (χ4v) is 3.69. The van der Waals surface area contributed by atoms with Gasteiger partial charge in [-0.15, -0.1) is 0 Å². The summed E-state index contributed by atoms with van der Waals surface area (Å²) in [5.41, 5.74) is 0.530.